The Morgan fingerprint density at radius 3 is 2.94 bits per heavy atom. The fraction of sp³-hybridized carbons (Fsp3) is 0.0909. The molecule has 1 aromatic carbocycles. The van der Waals surface area contributed by atoms with Crippen LogP contribution in [-0.2, 0) is 4.79 Å². The Labute approximate surface area is 102 Å². The molecule has 0 saturated carbocycles. The number of hydrogen-bond donors (Lipinski definition) is 2. The van der Waals surface area contributed by atoms with Gasteiger partial charge in [0.05, 0.1) is 11.8 Å². The van der Waals surface area contributed by atoms with Gasteiger partial charge in [-0.05, 0) is 23.8 Å². The largest absolute Gasteiger partial charge is 0.494 e. The molecule has 88 valence electrons. The number of aromatic nitrogens is 1. The van der Waals surface area contributed by atoms with Gasteiger partial charge in [0.2, 0.25) is 5.91 Å². The van der Waals surface area contributed by atoms with Gasteiger partial charge < -0.3 is 16.2 Å². The van der Waals surface area contributed by atoms with Crippen molar-refractivity contribution >= 4 is 38.7 Å². The number of nitrogen functional groups attached to an aromatic ring is 1. The van der Waals surface area contributed by atoms with E-state index in [4.69, 9.17) is 16.2 Å². The molecular formula is C11H11N3O2S. The summed E-state index contributed by atoms with van der Waals surface area (Å²) < 4.78 is 6.14. The number of ether oxygens (including phenoxy) is 1. The predicted octanol–water partition coefficient (Wildman–Crippen LogP) is 1.39. The number of primary amides is 1. The standard InChI is InChI=1S/C11H11N3O2S/c1-16-7-4-6(2-3-9(12)15)5-8-10(7)14-11(13)17-8/h2-5H,1H3,(H2,12,15)(H2,13,14)/b3-2+. The number of nitrogens with two attached hydrogens (primary N) is 2. The molecule has 17 heavy (non-hydrogen) atoms. The van der Waals surface area contributed by atoms with Crippen LogP contribution in [0.15, 0.2) is 18.2 Å². The lowest BCUT2D eigenvalue weighted by Crippen LogP contribution is -2.05. The van der Waals surface area contributed by atoms with Crippen molar-refractivity contribution in [2.75, 3.05) is 12.8 Å². The van der Waals surface area contributed by atoms with Crippen molar-refractivity contribution in [2.24, 2.45) is 5.73 Å². The van der Waals surface area contributed by atoms with E-state index >= 15 is 0 Å². The molecule has 4 N–H and O–H groups in total. The van der Waals surface area contributed by atoms with Crippen LogP contribution < -0.4 is 16.2 Å². The lowest BCUT2D eigenvalue weighted by atomic mass is 10.2. The van der Waals surface area contributed by atoms with Crippen molar-refractivity contribution in [3.8, 4) is 5.75 Å². The number of methoxy groups -OCH3 is 1. The van der Waals surface area contributed by atoms with Gasteiger partial charge >= 0.3 is 0 Å². The molecule has 0 saturated heterocycles. The summed E-state index contributed by atoms with van der Waals surface area (Å²) in [6.45, 7) is 0. The highest BCUT2D eigenvalue weighted by atomic mass is 32.1. The van der Waals surface area contributed by atoms with E-state index in [0.717, 1.165) is 15.8 Å². The zero-order chi connectivity index (χ0) is 12.4. The van der Waals surface area contributed by atoms with Crippen LogP contribution in [0.4, 0.5) is 5.13 Å². The van der Waals surface area contributed by atoms with Crippen LogP contribution in [0.1, 0.15) is 5.56 Å². The average Bonchev–Trinajstić information content (AvgIpc) is 2.65. The minimum Gasteiger partial charge on any atom is -0.494 e. The molecular weight excluding hydrogens is 238 g/mol. The number of rotatable bonds is 3. The third kappa shape index (κ3) is 2.36. The molecule has 2 rings (SSSR count). The van der Waals surface area contributed by atoms with Gasteiger partial charge in [0.25, 0.3) is 0 Å². The minimum absolute atomic E-state index is 0.481. The summed E-state index contributed by atoms with van der Waals surface area (Å²) >= 11 is 1.37. The molecule has 0 aliphatic rings. The monoisotopic (exact) mass is 249 g/mol. The summed E-state index contributed by atoms with van der Waals surface area (Å²) in [7, 11) is 1.56. The summed E-state index contributed by atoms with van der Waals surface area (Å²) in [5.74, 6) is 0.132. The molecule has 0 radical (unpaired) electrons. The molecule has 1 heterocycles. The normalized spacial score (nSPS) is 11.1. The maximum atomic E-state index is 10.7. The molecule has 0 aliphatic heterocycles. The molecule has 0 spiro atoms. The zero-order valence-electron chi connectivity index (χ0n) is 9.14. The van der Waals surface area contributed by atoms with Gasteiger partial charge in [-0.1, -0.05) is 11.3 Å². The molecule has 1 amide bonds. The van der Waals surface area contributed by atoms with Crippen molar-refractivity contribution in [2.45, 2.75) is 0 Å². The summed E-state index contributed by atoms with van der Waals surface area (Å²) in [6.07, 6.45) is 2.92. The Morgan fingerprint density at radius 1 is 1.53 bits per heavy atom. The third-order valence-electron chi connectivity index (χ3n) is 2.16. The third-order valence-corrected chi connectivity index (χ3v) is 2.99. The van der Waals surface area contributed by atoms with E-state index in [1.165, 1.54) is 17.4 Å². The van der Waals surface area contributed by atoms with Crippen LogP contribution in [0.5, 0.6) is 5.75 Å². The van der Waals surface area contributed by atoms with Gasteiger partial charge in [-0.15, -0.1) is 0 Å². The number of carbonyl (C=O) groups excluding carboxylic acids is 1. The van der Waals surface area contributed by atoms with Gasteiger partial charge in [-0.2, -0.15) is 0 Å². The number of amides is 1. The molecule has 0 fully saturated rings. The molecule has 0 unspecified atom stereocenters. The first kappa shape index (κ1) is 11.4. The van der Waals surface area contributed by atoms with Crippen molar-refractivity contribution < 1.29 is 9.53 Å². The second-order valence-electron chi connectivity index (χ2n) is 3.36. The highest BCUT2D eigenvalue weighted by molar-refractivity contribution is 7.22. The Balaban J connectivity index is 2.55. The maximum absolute atomic E-state index is 10.7. The first-order valence-corrected chi connectivity index (χ1v) is 5.63. The van der Waals surface area contributed by atoms with Crippen LogP contribution in [0.2, 0.25) is 0 Å². The van der Waals surface area contributed by atoms with Crippen LogP contribution in [0.25, 0.3) is 16.3 Å². The van der Waals surface area contributed by atoms with Crippen LogP contribution >= 0.6 is 11.3 Å². The first-order chi connectivity index (χ1) is 8.10. The molecule has 6 heteroatoms. The number of thiazole rings is 1. The van der Waals surface area contributed by atoms with E-state index < -0.39 is 5.91 Å². The summed E-state index contributed by atoms with van der Waals surface area (Å²) in [4.78, 5) is 14.8. The van der Waals surface area contributed by atoms with Crippen LogP contribution in [0, 0.1) is 0 Å². The smallest absolute Gasteiger partial charge is 0.241 e. The zero-order valence-corrected chi connectivity index (χ0v) is 9.95. The summed E-state index contributed by atoms with van der Waals surface area (Å²) in [5.41, 5.74) is 12.2. The van der Waals surface area contributed by atoms with Crippen molar-refractivity contribution in [3.05, 3.63) is 23.8 Å². The van der Waals surface area contributed by atoms with Gasteiger partial charge in [0, 0.05) is 6.08 Å². The fourth-order valence-corrected chi connectivity index (χ4v) is 2.27. The van der Waals surface area contributed by atoms with Gasteiger partial charge in [-0.3, -0.25) is 4.79 Å². The highest BCUT2D eigenvalue weighted by Crippen LogP contribution is 2.32. The second-order valence-corrected chi connectivity index (χ2v) is 4.42. The van der Waals surface area contributed by atoms with E-state index in [-0.39, 0.29) is 0 Å². The number of benzene rings is 1. The van der Waals surface area contributed by atoms with E-state index in [2.05, 4.69) is 4.98 Å². The van der Waals surface area contributed by atoms with E-state index in [1.54, 1.807) is 19.3 Å². The molecule has 0 atom stereocenters. The predicted molar refractivity (Wildman–Crippen MR) is 68.8 cm³/mol. The van der Waals surface area contributed by atoms with E-state index in [0.29, 0.717) is 10.9 Å². The Kier molecular flexibility index (Phi) is 2.97. The lowest BCUT2D eigenvalue weighted by Gasteiger charge is -2.02. The number of fused-ring (bicyclic) bond motifs is 1. The molecule has 0 bridgehead atoms. The maximum Gasteiger partial charge on any atom is 0.241 e. The topological polar surface area (TPSA) is 91.2 Å². The second kappa shape index (κ2) is 4.42. The molecule has 5 nitrogen and oxygen atoms in total. The quantitative estimate of drug-likeness (QED) is 0.804. The minimum atomic E-state index is -0.493. The fourth-order valence-electron chi connectivity index (χ4n) is 1.47. The molecule has 1 aromatic heterocycles. The van der Waals surface area contributed by atoms with Gasteiger partial charge in [0.1, 0.15) is 11.3 Å². The highest BCUT2D eigenvalue weighted by Gasteiger charge is 2.08. The van der Waals surface area contributed by atoms with Crippen molar-refractivity contribution in [3.63, 3.8) is 0 Å². The Morgan fingerprint density at radius 2 is 2.29 bits per heavy atom. The number of anilines is 1. The molecule has 2 aromatic rings. The van der Waals surface area contributed by atoms with Crippen molar-refractivity contribution in [1.29, 1.82) is 0 Å². The molecule has 0 aliphatic carbocycles. The van der Waals surface area contributed by atoms with E-state index in [9.17, 15) is 4.79 Å². The Hall–Kier alpha value is -2.08. The number of nitrogens with zero attached hydrogens (tertiary/aromatic N) is 1. The average molecular weight is 249 g/mol. The van der Waals surface area contributed by atoms with Crippen LogP contribution in [0.3, 0.4) is 0 Å². The number of carbonyl (C=O) groups is 1. The Bertz CT molecular complexity index is 604. The van der Waals surface area contributed by atoms with E-state index in [1.807, 2.05) is 6.07 Å². The van der Waals surface area contributed by atoms with Crippen molar-refractivity contribution in [1.82, 2.24) is 4.98 Å². The lowest BCUT2D eigenvalue weighted by molar-refractivity contribution is -0.113. The SMILES string of the molecule is COc1cc(/C=C/C(N)=O)cc2sc(N)nc12. The van der Waals surface area contributed by atoms with Crippen LogP contribution in [-0.4, -0.2) is 18.0 Å². The summed E-state index contributed by atoms with van der Waals surface area (Å²) in [5, 5.41) is 0.481. The first-order valence-electron chi connectivity index (χ1n) is 4.81. The summed E-state index contributed by atoms with van der Waals surface area (Å²) in [6, 6.07) is 3.66. The van der Waals surface area contributed by atoms with Gasteiger partial charge in [-0.25, -0.2) is 4.98 Å². The van der Waals surface area contributed by atoms with Gasteiger partial charge in [0.15, 0.2) is 5.13 Å². The number of hydrogen-bond acceptors (Lipinski definition) is 5.